The van der Waals surface area contributed by atoms with Crippen LogP contribution < -0.4 is 5.32 Å². The second kappa shape index (κ2) is 7.53. The summed E-state index contributed by atoms with van der Waals surface area (Å²) in [5, 5.41) is 6.74. The van der Waals surface area contributed by atoms with Crippen LogP contribution in [0.15, 0.2) is 22.7 Å². The van der Waals surface area contributed by atoms with Gasteiger partial charge in [0.15, 0.2) is 0 Å². The zero-order valence-corrected chi connectivity index (χ0v) is 14.6. The van der Waals surface area contributed by atoms with E-state index in [9.17, 15) is 9.18 Å². The summed E-state index contributed by atoms with van der Waals surface area (Å²) in [5.74, 6) is 0.329. The van der Waals surface area contributed by atoms with Crippen molar-refractivity contribution in [2.24, 2.45) is 0 Å². The highest BCUT2D eigenvalue weighted by Gasteiger charge is 2.21. The molecule has 1 heterocycles. The molecule has 1 aromatic carbocycles. The number of carbonyl (C=O) groups is 1. The summed E-state index contributed by atoms with van der Waals surface area (Å²) in [6.45, 7) is 7.60. The topological polar surface area (TPSA) is 71.3 Å². The van der Waals surface area contributed by atoms with Crippen LogP contribution in [0, 0.1) is 12.7 Å². The standard InChI is InChI=1S/C17H23FN4O2/c1-10(2)19-15(23)9-22(5)12(4)17-20-16(21-24-17)13-7-6-11(3)14(18)8-13/h6-8,10,12H,9H2,1-5H3,(H,19,23)/t12-/m0/s1. The van der Waals surface area contributed by atoms with E-state index in [2.05, 4.69) is 15.5 Å². The van der Waals surface area contributed by atoms with Crippen molar-refractivity contribution in [1.29, 1.82) is 0 Å². The van der Waals surface area contributed by atoms with Crippen LogP contribution in [-0.2, 0) is 4.79 Å². The van der Waals surface area contributed by atoms with Gasteiger partial charge in [0.1, 0.15) is 5.82 Å². The number of aryl methyl sites for hydroxylation is 1. The van der Waals surface area contributed by atoms with Gasteiger partial charge >= 0.3 is 0 Å². The molecule has 0 fully saturated rings. The van der Waals surface area contributed by atoms with Crippen molar-refractivity contribution in [1.82, 2.24) is 20.4 Å². The van der Waals surface area contributed by atoms with Gasteiger partial charge in [-0.3, -0.25) is 9.69 Å². The van der Waals surface area contributed by atoms with Crippen LogP contribution in [0.2, 0.25) is 0 Å². The number of amides is 1. The molecule has 1 aromatic heterocycles. The van der Waals surface area contributed by atoms with Crippen molar-refractivity contribution in [3.05, 3.63) is 35.5 Å². The summed E-state index contributed by atoms with van der Waals surface area (Å²) in [7, 11) is 1.81. The summed E-state index contributed by atoms with van der Waals surface area (Å²) in [6.07, 6.45) is 0. The number of halogens is 1. The van der Waals surface area contributed by atoms with Gasteiger partial charge in [0.25, 0.3) is 0 Å². The molecule has 0 aliphatic heterocycles. The van der Waals surface area contributed by atoms with Gasteiger partial charge in [0.2, 0.25) is 17.6 Å². The fourth-order valence-corrected chi connectivity index (χ4v) is 2.17. The van der Waals surface area contributed by atoms with Crippen LogP contribution in [0.5, 0.6) is 0 Å². The first-order valence-corrected chi connectivity index (χ1v) is 7.87. The van der Waals surface area contributed by atoms with E-state index in [-0.39, 0.29) is 30.4 Å². The number of nitrogens with one attached hydrogen (secondary N) is 1. The Morgan fingerprint density at radius 2 is 2.08 bits per heavy atom. The molecule has 0 unspecified atom stereocenters. The van der Waals surface area contributed by atoms with Gasteiger partial charge in [-0.05, 0) is 46.4 Å². The third-order valence-corrected chi connectivity index (χ3v) is 3.73. The Bertz CT molecular complexity index is 714. The van der Waals surface area contributed by atoms with Gasteiger partial charge in [0.05, 0.1) is 12.6 Å². The molecule has 0 saturated heterocycles. The van der Waals surface area contributed by atoms with Gasteiger partial charge in [-0.2, -0.15) is 4.98 Å². The van der Waals surface area contributed by atoms with Gasteiger partial charge in [-0.25, -0.2) is 4.39 Å². The van der Waals surface area contributed by atoms with Crippen molar-refractivity contribution in [2.45, 2.75) is 39.8 Å². The van der Waals surface area contributed by atoms with Crippen molar-refractivity contribution < 1.29 is 13.7 Å². The van der Waals surface area contributed by atoms with Crippen LogP contribution in [0.1, 0.15) is 38.3 Å². The summed E-state index contributed by atoms with van der Waals surface area (Å²) in [5.41, 5.74) is 1.12. The van der Waals surface area contributed by atoms with E-state index in [1.165, 1.54) is 6.07 Å². The third kappa shape index (κ3) is 4.38. The van der Waals surface area contributed by atoms with E-state index in [1.54, 1.807) is 26.1 Å². The molecule has 2 aromatic rings. The van der Waals surface area contributed by atoms with E-state index < -0.39 is 0 Å². The molecule has 0 bridgehead atoms. The normalized spacial score (nSPS) is 12.7. The van der Waals surface area contributed by atoms with E-state index >= 15 is 0 Å². The molecule has 2 rings (SSSR count). The lowest BCUT2D eigenvalue weighted by Gasteiger charge is -2.21. The molecule has 24 heavy (non-hydrogen) atoms. The maximum Gasteiger partial charge on any atom is 0.244 e. The van der Waals surface area contributed by atoms with Crippen LogP contribution in [0.25, 0.3) is 11.4 Å². The average molecular weight is 334 g/mol. The van der Waals surface area contributed by atoms with Crippen molar-refractivity contribution in [2.75, 3.05) is 13.6 Å². The fraction of sp³-hybridized carbons (Fsp3) is 0.471. The van der Waals surface area contributed by atoms with E-state index in [4.69, 9.17) is 4.52 Å². The van der Waals surface area contributed by atoms with Gasteiger partial charge in [0, 0.05) is 11.6 Å². The Balaban J connectivity index is 2.08. The highest BCUT2D eigenvalue weighted by Crippen LogP contribution is 2.22. The predicted octanol–water partition coefficient (Wildman–Crippen LogP) is 2.70. The summed E-state index contributed by atoms with van der Waals surface area (Å²) in [6, 6.07) is 4.66. The second-order valence-corrected chi connectivity index (χ2v) is 6.23. The molecule has 0 radical (unpaired) electrons. The quantitative estimate of drug-likeness (QED) is 0.879. The first kappa shape index (κ1) is 18.1. The first-order chi connectivity index (χ1) is 11.3. The lowest BCUT2D eigenvalue weighted by atomic mass is 10.1. The fourth-order valence-electron chi connectivity index (χ4n) is 2.17. The number of benzene rings is 1. The highest BCUT2D eigenvalue weighted by atomic mass is 19.1. The van der Waals surface area contributed by atoms with Crippen LogP contribution in [0.4, 0.5) is 4.39 Å². The Morgan fingerprint density at radius 1 is 1.38 bits per heavy atom. The molecule has 1 N–H and O–H groups in total. The summed E-state index contributed by atoms with van der Waals surface area (Å²) < 4.78 is 18.9. The average Bonchev–Trinajstić information content (AvgIpc) is 2.98. The number of rotatable bonds is 6. The zero-order valence-electron chi connectivity index (χ0n) is 14.6. The lowest BCUT2D eigenvalue weighted by molar-refractivity contribution is -0.123. The predicted molar refractivity (Wildman–Crippen MR) is 88.8 cm³/mol. The van der Waals surface area contributed by atoms with E-state index in [1.807, 2.05) is 25.7 Å². The minimum atomic E-state index is -0.311. The minimum Gasteiger partial charge on any atom is -0.353 e. The summed E-state index contributed by atoms with van der Waals surface area (Å²) >= 11 is 0. The molecular weight excluding hydrogens is 311 g/mol. The van der Waals surface area contributed by atoms with Gasteiger partial charge < -0.3 is 9.84 Å². The molecule has 0 spiro atoms. The Hall–Kier alpha value is -2.28. The minimum absolute atomic E-state index is 0.0697. The number of nitrogens with zero attached hydrogens (tertiary/aromatic N) is 3. The number of likely N-dealkylation sites (N-methyl/N-ethyl adjacent to an activating group) is 1. The molecule has 130 valence electrons. The van der Waals surface area contributed by atoms with Crippen molar-refractivity contribution in [3.8, 4) is 11.4 Å². The van der Waals surface area contributed by atoms with Crippen LogP contribution >= 0.6 is 0 Å². The molecule has 0 aliphatic carbocycles. The number of carbonyl (C=O) groups excluding carboxylic acids is 1. The smallest absolute Gasteiger partial charge is 0.244 e. The Labute approximate surface area is 141 Å². The number of hydrogen-bond donors (Lipinski definition) is 1. The largest absolute Gasteiger partial charge is 0.353 e. The third-order valence-electron chi connectivity index (χ3n) is 3.73. The Morgan fingerprint density at radius 3 is 2.71 bits per heavy atom. The van der Waals surface area contributed by atoms with Gasteiger partial charge in [-0.15, -0.1) is 0 Å². The lowest BCUT2D eigenvalue weighted by Crippen LogP contribution is -2.39. The Kier molecular flexibility index (Phi) is 5.66. The number of aromatic nitrogens is 2. The van der Waals surface area contributed by atoms with Crippen LogP contribution in [0.3, 0.4) is 0 Å². The molecular formula is C17H23FN4O2. The maximum absolute atomic E-state index is 13.7. The van der Waals surface area contributed by atoms with E-state index in [0.717, 1.165) is 0 Å². The number of hydrogen-bond acceptors (Lipinski definition) is 5. The first-order valence-electron chi connectivity index (χ1n) is 7.87. The molecule has 7 heteroatoms. The van der Waals surface area contributed by atoms with Crippen molar-refractivity contribution >= 4 is 5.91 Å². The summed E-state index contributed by atoms with van der Waals surface area (Å²) in [4.78, 5) is 18.0. The van der Waals surface area contributed by atoms with Crippen molar-refractivity contribution in [3.63, 3.8) is 0 Å². The monoisotopic (exact) mass is 334 g/mol. The highest BCUT2D eigenvalue weighted by molar-refractivity contribution is 5.78. The SMILES string of the molecule is Cc1ccc(-c2noc([C@H](C)N(C)CC(=O)NC(C)C)n2)cc1F. The second-order valence-electron chi connectivity index (χ2n) is 6.23. The van der Waals surface area contributed by atoms with Gasteiger partial charge in [-0.1, -0.05) is 17.3 Å². The molecule has 1 atom stereocenters. The molecule has 6 nitrogen and oxygen atoms in total. The maximum atomic E-state index is 13.7. The molecule has 1 amide bonds. The zero-order chi connectivity index (χ0) is 17.9. The van der Waals surface area contributed by atoms with Crippen LogP contribution in [-0.4, -0.2) is 40.6 Å². The molecule has 0 aliphatic rings. The molecule has 0 saturated carbocycles. The van der Waals surface area contributed by atoms with E-state index in [0.29, 0.717) is 22.8 Å².